The summed E-state index contributed by atoms with van der Waals surface area (Å²) in [6, 6.07) is 21.0. The molecule has 0 saturated carbocycles. The van der Waals surface area contributed by atoms with Gasteiger partial charge in [0.15, 0.2) is 0 Å². The predicted octanol–water partition coefficient (Wildman–Crippen LogP) is 4.35. The highest BCUT2D eigenvalue weighted by atomic mass is 32.2. The first kappa shape index (κ1) is 26.1. The zero-order valence-electron chi connectivity index (χ0n) is 20.4. The second-order valence-electron chi connectivity index (χ2n) is 8.02. The number of rotatable bonds is 12. The third kappa shape index (κ3) is 6.99. The smallest absolute Gasteiger partial charge is 0.264 e. The molecular weight excluding hydrogens is 464 g/mol. The number of sulfonamides is 1. The van der Waals surface area contributed by atoms with Crippen molar-refractivity contribution in [1.82, 2.24) is 5.32 Å². The lowest BCUT2D eigenvalue weighted by Gasteiger charge is -2.24. The van der Waals surface area contributed by atoms with E-state index in [1.165, 1.54) is 0 Å². The lowest BCUT2D eigenvalue weighted by molar-refractivity contribution is -0.119. The molecule has 0 atom stereocenters. The molecular formula is C27H32N2O5S. The van der Waals surface area contributed by atoms with E-state index < -0.39 is 10.0 Å². The van der Waals surface area contributed by atoms with Gasteiger partial charge in [-0.15, -0.1) is 0 Å². The fourth-order valence-corrected chi connectivity index (χ4v) is 5.05. The third-order valence-electron chi connectivity index (χ3n) is 5.47. The molecule has 8 heteroatoms. The lowest BCUT2D eigenvalue weighted by Crippen LogP contribution is -2.41. The standard InChI is InChI=1S/C27H32N2O5S/c1-4-34-24-15-13-23(14-16-24)29(35(31,32)25-17-11-21(2)12-18-25)20-27(30)28-19-7-9-22-8-5-6-10-26(22)33-3/h5-6,8,10-18H,4,7,9,19-20H2,1-3H3,(H,28,30). The SMILES string of the molecule is CCOc1ccc(N(CC(=O)NCCCc2ccccc2OC)S(=O)(=O)c2ccc(C)cc2)cc1. The number of amides is 1. The zero-order valence-corrected chi connectivity index (χ0v) is 21.2. The van der Waals surface area contributed by atoms with Crippen LogP contribution in [-0.4, -0.2) is 41.1 Å². The number of benzene rings is 3. The second kappa shape index (κ2) is 12.3. The molecule has 0 fully saturated rings. The summed E-state index contributed by atoms with van der Waals surface area (Å²) in [5.74, 6) is 1.06. The van der Waals surface area contributed by atoms with Crippen molar-refractivity contribution in [2.45, 2.75) is 31.6 Å². The highest BCUT2D eigenvalue weighted by Crippen LogP contribution is 2.26. The van der Waals surface area contributed by atoms with Crippen LogP contribution in [0.3, 0.4) is 0 Å². The van der Waals surface area contributed by atoms with E-state index in [-0.39, 0.29) is 17.3 Å². The van der Waals surface area contributed by atoms with E-state index in [9.17, 15) is 13.2 Å². The monoisotopic (exact) mass is 496 g/mol. The maximum Gasteiger partial charge on any atom is 0.264 e. The highest BCUT2D eigenvalue weighted by molar-refractivity contribution is 7.92. The van der Waals surface area contributed by atoms with Crippen LogP contribution in [0.15, 0.2) is 77.7 Å². The Hall–Kier alpha value is -3.52. The fourth-order valence-electron chi connectivity index (χ4n) is 3.63. The van der Waals surface area contributed by atoms with Crippen molar-refractivity contribution in [2.24, 2.45) is 0 Å². The molecule has 0 radical (unpaired) electrons. The van der Waals surface area contributed by atoms with Crippen LogP contribution in [-0.2, 0) is 21.2 Å². The maximum atomic E-state index is 13.5. The number of para-hydroxylation sites is 1. The number of hydrogen-bond acceptors (Lipinski definition) is 5. The first-order valence-corrected chi connectivity index (χ1v) is 13.0. The van der Waals surface area contributed by atoms with E-state index in [1.54, 1.807) is 55.6 Å². The number of hydrogen-bond donors (Lipinski definition) is 1. The molecule has 0 aliphatic carbocycles. The van der Waals surface area contributed by atoms with Gasteiger partial charge < -0.3 is 14.8 Å². The van der Waals surface area contributed by atoms with Gasteiger partial charge in [-0.05, 0) is 74.7 Å². The molecule has 0 aliphatic rings. The Morgan fingerprint density at radius 3 is 2.31 bits per heavy atom. The van der Waals surface area contributed by atoms with Crippen molar-refractivity contribution < 1.29 is 22.7 Å². The molecule has 0 aromatic heterocycles. The highest BCUT2D eigenvalue weighted by Gasteiger charge is 2.27. The topological polar surface area (TPSA) is 84.9 Å². The summed E-state index contributed by atoms with van der Waals surface area (Å²) in [5.41, 5.74) is 2.39. The molecule has 3 rings (SSSR count). The fraction of sp³-hybridized carbons (Fsp3) is 0.296. The summed E-state index contributed by atoms with van der Waals surface area (Å²) < 4.78 is 38.9. The minimum Gasteiger partial charge on any atom is -0.496 e. The van der Waals surface area contributed by atoms with Crippen LogP contribution in [0.4, 0.5) is 5.69 Å². The molecule has 0 heterocycles. The van der Waals surface area contributed by atoms with Gasteiger partial charge in [-0.2, -0.15) is 0 Å². The first-order chi connectivity index (χ1) is 16.8. The molecule has 0 bridgehead atoms. The largest absolute Gasteiger partial charge is 0.496 e. The zero-order chi connectivity index (χ0) is 25.3. The molecule has 1 N–H and O–H groups in total. The number of nitrogens with zero attached hydrogens (tertiary/aromatic N) is 1. The summed E-state index contributed by atoms with van der Waals surface area (Å²) in [6.45, 7) is 4.35. The maximum absolute atomic E-state index is 13.5. The summed E-state index contributed by atoms with van der Waals surface area (Å²) >= 11 is 0. The minimum atomic E-state index is -3.96. The van der Waals surface area contributed by atoms with Crippen LogP contribution in [0.1, 0.15) is 24.5 Å². The number of methoxy groups -OCH3 is 1. The van der Waals surface area contributed by atoms with Gasteiger partial charge in [0.05, 0.1) is 24.3 Å². The minimum absolute atomic E-state index is 0.126. The number of ether oxygens (including phenoxy) is 2. The summed E-state index contributed by atoms with van der Waals surface area (Å²) in [5, 5.41) is 2.84. The molecule has 35 heavy (non-hydrogen) atoms. The van der Waals surface area contributed by atoms with E-state index in [0.29, 0.717) is 31.0 Å². The number of carbonyl (C=O) groups excluding carboxylic acids is 1. The van der Waals surface area contributed by atoms with E-state index in [4.69, 9.17) is 9.47 Å². The molecule has 1 amide bonds. The Balaban J connectivity index is 1.72. The van der Waals surface area contributed by atoms with Crippen molar-refractivity contribution in [3.8, 4) is 11.5 Å². The average Bonchev–Trinajstić information content (AvgIpc) is 2.86. The van der Waals surface area contributed by atoms with Gasteiger partial charge >= 0.3 is 0 Å². The van der Waals surface area contributed by atoms with E-state index in [0.717, 1.165) is 27.6 Å². The first-order valence-electron chi connectivity index (χ1n) is 11.6. The summed E-state index contributed by atoms with van der Waals surface area (Å²) in [6.07, 6.45) is 1.43. The van der Waals surface area contributed by atoms with Crippen molar-refractivity contribution >= 4 is 21.6 Å². The Kier molecular flexibility index (Phi) is 9.14. The van der Waals surface area contributed by atoms with Crippen LogP contribution in [0.25, 0.3) is 0 Å². The summed E-state index contributed by atoms with van der Waals surface area (Å²) in [4.78, 5) is 12.9. The Morgan fingerprint density at radius 1 is 0.971 bits per heavy atom. The number of carbonyl (C=O) groups is 1. The number of nitrogens with one attached hydrogen (secondary N) is 1. The van der Waals surface area contributed by atoms with Crippen molar-refractivity contribution in [2.75, 3.05) is 31.1 Å². The van der Waals surface area contributed by atoms with Crippen LogP contribution < -0.4 is 19.1 Å². The summed E-state index contributed by atoms with van der Waals surface area (Å²) in [7, 11) is -2.33. The van der Waals surface area contributed by atoms with Crippen LogP contribution in [0, 0.1) is 6.92 Å². The Labute approximate surface area is 207 Å². The molecule has 186 valence electrons. The molecule has 7 nitrogen and oxygen atoms in total. The Bertz CT molecular complexity index is 1210. The van der Waals surface area contributed by atoms with Crippen molar-refractivity contribution in [3.05, 3.63) is 83.9 Å². The van der Waals surface area contributed by atoms with Gasteiger partial charge in [0.2, 0.25) is 5.91 Å². The molecule has 3 aromatic carbocycles. The van der Waals surface area contributed by atoms with E-state index in [2.05, 4.69) is 5.32 Å². The van der Waals surface area contributed by atoms with Gasteiger partial charge in [-0.1, -0.05) is 35.9 Å². The predicted molar refractivity (Wildman–Crippen MR) is 138 cm³/mol. The normalized spacial score (nSPS) is 11.1. The van der Waals surface area contributed by atoms with Gasteiger partial charge in [0.1, 0.15) is 18.0 Å². The second-order valence-corrected chi connectivity index (χ2v) is 9.88. The third-order valence-corrected chi connectivity index (χ3v) is 7.26. The quantitative estimate of drug-likeness (QED) is 0.377. The van der Waals surface area contributed by atoms with Gasteiger partial charge in [-0.3, -0.25) is 9.10 Å². The lowest BCUT2D eigenvalue weighted by atomic mass is 10.1. The van der Waals surface area contributed by atoms with Gasteiger partial charge in [0.25, 0.3) is 10.0 Å². The molecule has 0 spiro atoms. The number of aryl methyl sites for hydroxylation is 2. The Morgan fingerprint density at radius 2 is 1.66 bits per heavy atom. The van der Waals surface area contributed by atoms with Crippen molar-refractivity contribution in [1.29, 1.82) is 0 Å². The van der Waals surface area contributed by atoms with Crippen LogP contribution in [0.2, 0.25) is 0 Å². The van der Waals surface area contributed by atoms with Crippen LogP contribution >= 0.6 is 0 Å². The van der Waals surface area contributed by atoms with Gasteiger partial charge in [-0.25, -0.2) is 8.42 Å². The van der Waals surface area contributed by atoms with Gasteiger partial charge in [0, 0.05) is 6.54 Å². The average molecular weight is 497 g/mol. The van der Waals surface area contributed by atoms with E-state index in [1.807, 2.05) is 38.1 Å². The molecule has 0 aliphatic heterocycles. The number of anilines is 1. The molecule has 3 aromatic rings. The molecule has 0 saturated heterocycles. The molecule has 0 unspecified atom stereocenters. The van der Waals surface area contributed by atoms with E-state index >= 15 is 0 Å². The van der Waals surface area contributed by atoms with Crippen molar-refractivity contribution in [3.63, 3.8) is 0 Å². The van der Waals surface area contributed by atoms with Crippen LogP contribution in [0.5, 0.6) is 11.5 Å².